The van der Waals surface area contributed by atoms with Crippen molar-refractivity contribution in [3.63, 3.8) is 0 Å². The Labute approximate surface area is 266 Å². The highest BCUT2D eigenvalue weighted by atomic mass is 16.5. The lowest BCUT2D eigenvalue weighted by Crippen LogP contribution is -2.48. The molecule has 0 aromatic rings. The summed E-state index contributed by atoms with van der Waals surface area (Å²) in [4.78, 5) is 57.1. The molecule has 4 amide bonds. The molecular formula is C29H56N5O11+. The Morgan fingerprint density at radius 2 is 1.13 bits per heavy atom. The zero-order valence-electron chi connectivity index (χ0n) is 27.2. The van der Waals surface area contributed by atoms with Gasteiger partial charge in [-0.2, -0.15) is 0 Å². The van der Waals surface area contributed by atoms with Crippen LogP contribution in [0.4, 0.5) is 0 Å². The Kier molecular flexibility index (Phi) is 29.4. The molecule has 0 saturated carbocycles. The number of hydrogen-bond donors (Lipinski definition) is 5. The van der Waals surface area contributed by atoms with E-state index in [1.165, 1.54) is 6.92 Å². The fourth-order valence-corrected chi connectivity index (χ4v) is 3.46. The standard InChI is InChI=1S/C29H55N5O11/c1-4-30-9-12-40-16-20-45-23-28(38)34-26(29(39)33-11-14-42-15-18-43-21-24(2)35)7-5-6-8-32-27(37)22-44-19-17-41-13-10-31-25(3)36/h26,30H,4-23H2,1-3H3,(H,31,36)(H,32,37)(H,33,39)(H,34,38)/p+1. The van der Waals surface area contributed by atoms with E-state index >= 15 is 0 Å². The number of rotatable bonds is 32. The van der Waals surface area contributed by atoms with Crippen LogP contribution in [0.2, 0.25) is 0 Å². The summed E-state index contributed by atoms with van der Waals surface area (Å²) in [5.41, 5.74) is 0. The third kappa shape index (κ3) is 31.1. The number of amides is 4. The lowest BCUT2D eigenvalue weighted by atomic mass is 10.1. The van der Waals surface area contributed by atoms with E-state index in [1.54, 1.807) is 6.92 Å². The highest BCUT2D eigenvalue weighted by molar-refractivity contribution is 5.88. The number of ketones is 1. The first-order valence-electron chi connectivity index (χ1n) is 15.5. The normalized spacial score (nSPS) is 11.5. The molecule has 6 N–H and O–H groups in total. The average Bonchev–Trinajstić information content (AvgIpc) is 2.99. The first-order chi connectivity index (χ1) is 21.8. The van der Waals surface area contributed by atoms with E-state index in [2.05, 4.69) is 26.6 Å². The molecule has 0 saturated heterocycles. The van der Waals surface area contributed by atoms with E-state index in [-0.39, 0.29) is 69.7 Å². The minimum Gasteiger partial charge on any atom is -0.378 e. The van der Waals surface area contributed by atoms with Crippen LogP contribution in [0, 0.1) is 0 Å². The van der Waals surface area contributed by atoms with Crippen molar-refractivity contribution < 1.29 is 52.4 Å². The molecule has 0 aliphatic rings. The fraction of sp³-hybridized carbons (Fsp3) is 0.828. The molecule has 1 atom stereocenters. The van der Waals surface area contributed by atoms with Crippen molar-refractivity contribution in [2.75, 3.05) is 112 Å². The van der Waals surface area contributed by atoms with Gasteiger partial charge >= 0.3 is 5.78 Å². The zero-order chi connectivity index (χ0) is 33.4. The van der Waals surface area contributed by atoms with Gasteiger partial charge in [-0.1, -0.05) is 6.92 Å². The molecule has 0 radical (unpaired) electrons. The van der Waals surface area contributed by atoms with Crippen LogP contribution in [-0.2, 0) is 47.6 Å². The molecule has 0 aliphatic heterocycles. The fourth-order valence-electron chi connectivity index (χ4n) is 3.46. The van der Waals surface area contributed by atoms with Crippen LogP contribution in [0.25, 0.3) is 0 Å². The van der Waals surface area contributed by atoms with Gasteiger partial charge in [0.25, 0.3) is 0 Å². The van der Waals surface area contributed by atoms with E-state index in [9.17, 15) is 19.2 Å². The summed E-state index contributed by atoms with van der Waals surface area (Å²) < 4.78 is 31.9. The molecule has 0 aromatic carbocycles. The van der Waals surface area contributed by atoms with Crippen molar-refractivity contribution in [2.24, 2.45) is 0 Å². The third-order valence-corrected chi connectivity index (χ3v) is 5.63. The summed E-state index contributed by atoms with van der Waals surface area (Å²) in [5, 5.41) is 14.0. The van der Waals surface area contributed by atoms with Gasteiger partial charge in [-0.3, -0.25) is 24.0 Å². The molecule has 0 heterocycles. The van der Waals surface area contributed by atoms with E-state index in [0.717, 1.165) is 13.1 Å². The maximum atomic E-state index is 12.8. The number of ether oxygens (including phenoxy) is 6. The van der Waals surface area contributed by atoms with Crippen molar-refractivity contribution in [2.45, 2.75) is 46.1 Å². The van der Waals surface area contributed by atoms with Gasteiger partial charge in [0.15, 0.2) is 6.61 Å². The molecule has 0 fully saturated rings. The van der Waals surface area contributed by atoms with Crippen LogP contribution in [-0.4, -0.2) is 152 Å². The first-order valence-corrected chi connectivity index (χ1v) is 15.5. The lowest BCUT2D eigenvalue weighted by Gasteiger charge is -2.19. The highest BCUT2D eigenvalue weighted by Gasteiger charge is 2.20. The van der Waals surface area contributed by atoms with Gasteiger partial charge in [0.05, 0.1) is 59.5 Å². The first kappa shape index (κ1) is 42.3. The largest absolute Gasteiger partial charge is 0.378 e. The molecule has 0 spiro atoms. The van der Waals surface area contributed by atoms with Gasteiger partial charge in [-0.25, -0.2) is 0 Å². The van der Waals surface area contributed by atoms with Gasteiger partial charge in [0.1, 0.15) is 19.3 Å². The summed E-state index contributed by atoms with van der Waals surface area (Å²) in [6, 6.07) is -0.784. The number of unbranched alkanes of at least 4 members (excludes halogenated alkanes) is 1. The average molecular weight is 651 g/mol. The van der Waals surface area contributed by atoms with Gasteiger partial charge in [-0.15, -0.1) is 0 Å². The molecule has 45 heavy (non-hydrogen) atoms. The van der Waals surface area contributed by atoms with Gasteiger partial charge in [0, 0.05) is 40.0 Å². The topological polar surface area (TPSA) is 205 Å². The molecule has 0 rings (SSSR count). The second-order valence-corrected chi connectivity index (χ2v) is 9.82. The molecule has 0 aliphatic carbocycles. The molecule has 16 nitrogen and oxygen atoms in total. The molecule has 0 aromatic heterocycles. The number of nitrogens with one attached hydrogen (secondary N) is 5. The van der Waals surface area contributed by atoms with Crippen LogP contribution in [0.3, 0.4) is 0 Å². The summed E-state index contributed by atoms with van der Waals surface area (Å²) in [7, 11) is 0. The molecular weight excluding hydrogens is 594 g/mol. The lowest BCUT2D eigenvalue weighted by molar-refractivity contribution is -0.132. The molecule has 262 valence electrons. The minimum atomic E-state index is -0.784. The molecule has 0 bridgehead atoms. The van der Waals surface area contributed by atoms with Crippen LogP contribution in [0.1, 0.15) is 40.0 Å². The number of carbonyl (C=O) groups is 4. The summed E-state index contributed by atoms with van der Waals surface area (Å²) in [6.45, 7) is 10.4. The summed E-state index contributed by atoms with van der Waals surface area (Å²) >= 11 is 0. The maximum absolute atomic E-state index is 12.8. The number of hydrogen-bond acceptors (Lipinski definition) is 11. The number of carbonyl (C=O) groups excluding carboxylic acids is 5. The van der Waals surface area contributed by atoms with Gasteiger partial charge in [0.2, 0.25) is 23.6 Å². The van der Waals surface area contributed by atoms with Gasteiger partial charge in [-0.05, 0) is 25.8 Å². The smallest absolute Gasteiger partial charge is 0.315 e. The molecule has 16 heteroatoms. The zero-order valence-corrected chi connectivity index (χ0v) is 27.2. The predicted molar refractivity (Wildman–Crippen MR) is 167 cm³/mol. The Morgan fingerprint density at radius 3 is 1.71 bits per heavy atom. The van der Waals surface area contributed by atoms with Crippen molar-refractivity contribution in [1.29, 1.82) is 0 Å². The van der Waals surface area contributed by atoms with E-state index in [4.69, 9.17) is 33.2 Å². The quantitative estimate of drug-likeness (QED) is 0.0409. The van der Waals surface area contributed by atoms with Crippen molar-refractivity contribution in [3.8, 4) is 0 Å². The highest BCUT2D eigenvalue weighted by Crippen LogP contribution is 2.02. The maximum Gasteiger partial charge on any atom is 0.315 e. The van der Waals surface area contributed by atoms with Crippen LogP contribution < -0.4 is 26.6 Å². The third-order valence-electron chi connectivity index (χ3n) is 5.63. The predicted octanol–water partition coefficient (Wildman–Crippen LogP) is -1.72. The van der Waals surface area contributed by atoms with Crippen LogP contribution in [0.15, 0.2) is 0 Å². The second-order valence-electron chi connectivity index (χ2n) is 9.82. The Hall–Kier alpha value is -2.73. The SMILES string of the molecule is CCNCCOCCOCC(=O)NC(CCCCNC(=O)COCCOCCNC(C)=O)C(=O)NCCOCCOCC(C)=[OH+]. The summed E-state index contributed by atoms with van der Waals surface area (Å²) in [6.07, 6.45) is 1.52. The Morgan fingerprint density at radius 1 is 0.600 bits per heavy atom. The monoisotopic (exact) mass is 650 g/mol. The van der Waals surface area contributed by atoms with Crippen molar-refractivity contribution in [1.82, 2.24) is 26.6 Å². The van der Waals surface area contributed by atoms with Crippen LogP contribution >= 0.6 is 0 Å². The minimum absolute atomic E-state index is 0.107. The van der Waals surface area contributed by atoms with E-state index < -0.39 is 11.9 Å². The van der Waals surface area contributed by atoms with Crippen molar-refractivity contribution in [3.05, 3.63) is 0 Å². The van der Waals surface area contributed by atoms with E-state index in [0.29, 0.717) is 72.0 Å². The van der Waals surface area contributed by atoms with Gasteiger partial charge < -0.3 is 55.0 Å². The summed E-state index contributed by atoms with van der Waals surface area (Å²) in [5.74, 6) is -0.982. The van der Waals surface area contributed by atoms with E-state index in [1.807, 2.05) is 6.92 Å². The molecule has 1 unspecified atom stereocenters. The second kappa shape index (κ2) is 31.3. The number of likely N-dealkylation sites (N-methyl/N-ethyl adjacent to an activating group) is 1. The Balaban J connectivity index is 4.32. The Bertz CT molecular complexity index is 805. The van der Waals surface area contributed by atoms with Crippen LogP contribution in [0.5, 0.6) is 0 Å². The van der Waals surface area contributed by atoms with Crippen molar-refractivity contribution >= 4 is 29.4 Å².